The zero-order valence-electron chi connectivity index (χ0n) is 13.7. The lowest BCUT2D eigenvalue weighted by atomic mass is 9.83. The molecule has 4 heteroatoms. The predicted molar refractivity (Wildman–Crippen MR) is 86.8 cm³/mol. The monoisotopic (exact) mass is 302 g/mol. The average Bonchev–Trinajstić information content (AvgIpc) is 2.89. The lowest BCUT2D eigenvalue weighted by Crippen LogP contribution is -2.47. The van der Waals surface area contributed by atoms with Gasteiger partial charge in [0.15, 0.2) is 0 Å². The fraction of sp³-hybridized carbons (Fsp3) is 0.611. The van der Waals surface area contributed by atoms with Crippen molar-refractivity contribution >= 4 is 5.91 Å². The third-order valence-corrected chi connectivity index (χ3v) is 4.99. The number of amides is 1. The molecule has 2 aliphatic rings. The Labute approximate surface area is 132 Å². The summed E-state index contributed by atoms with van der Waals surface area (Å²) in [7, 11) is 0. The lowest BCUT2D eigenvalue weighted by Gasteiger charge is -2.33. The molecule has 0 bridgehead atoms. The summed E-state index contributed by atoms with van der Waals surface area (Å²) in [5.41, 5.74) is 0.550. The van der Waals surface area contributed by atoms with Gasteiger partial charge in [0.25, 0.3) is 0 Å². The normalized spacial score (nSPS) is 29.1. The van der Waals surface area contributed by atoms with Gasteiger partial charge in [-0.1, -0.05) is 30.3 Å². The van der Waals surface area contributed by atoms with E-state index in [-0.39, 0.29) is 11.9 Å². The highest BCUT2D eigenvalue weighted by molar-refractivity contribution is 5.87. The highest BCUT2D eigenvalue weighted by Crippen LogP contribution is 2.26. The summed E-state index contributed by atoms with van der Waals surface area (Å²) < 4.78 is 5.73. The van der Waals surface area contributed by atoms with Gasteiger partial charge in [0.05, 0.1) is 18.1 Å². The van der Waals surface area contributed by atoms with Crippen LogP contribution in [-0.2, 0) is 14.9 Å². The number of hydrogen-bond donors (Lipinski definition) is 1. The Morgan fingerprint density at radius 2 is 2.00 bits per heavy atom. The summed E-state index contributed by atoms with van der Waals surface area (Å²) in [5.74, 6) is 0.109. The van der Waals surface area contributed by atoms with Gasteiger partial charge in [-0.3, -0.25) is 9.69 Å². The van der Waals surface area contributed by atoms with Crippen LogP contribution in [0.2, 0.25) is 0 Å². The van der Waals surface area contributed by atoms with E-state index in [1.807, 2.05) is 44.2 Å². The van der Waals surface area contributed by atoms with Crippen LogP contribution in [0.3, 0.4) is 0 Å². The van der Waals surface area contributed by atoms with E-state index in [2.05, 4.69) is 17.1 Å². The van der Waals surface area contributed by atoms with Gasteiger partial charge >= 0.3 is 0 Å². The van der Waals surface area contributed by atoms with Crippen LogP contribution in [0, 0.1) is 0 Å². The van der Waals surface area contributed by atoms with Crippen LogP contribution < -0.4 is 5.32 Å². The average molecular weight is 302 g/mol. The number of hydrogen-bond acceptors (Lipinski definition) is 3. The van der Waals surface area contributed by atoms with Crippen molar-refractivity contribution in [3.8, 4) is 0 Å². The first kappa shape index (κ1) is 15.5. The molecule has 0 unspecified atom stereocenters. The van der Waals surface area contributed by atoms with Crippen LogP contribution in [0.5, 0.6) is 0 Å². The van der Waals surface area contributed by atoms with Gasteiger partial charge in [0.2, 0.25) is 5.91 Å². The molecule has 4 nitrogen and oxygen atoms in total. The summed E-state index contributed by atoms with van der Waals surface area (Å²) in [6.07, 6.45) is 1.29. The number of carbonyl (C=O) groups is 1. The first-order valence-electron chi connectivity index (χ1n) is 8.19. The van der Waals surface area contributed by atoms with Crippen LogP contribution in [0.15, 0.2) is 30.3 Å². The molecule has 0 saturated carbocycles. The minimum atomic E-state index is -0.506. The molecule has 120 valence electrons. The summed E-state index contributed by atoms with van der Waals surface area (Å²) in [6.45, 7) is 8.79. The Morgan fingerprint density at radius 1 is 1.27 bits per heavy atom. The standard InChI is InChI=1S/C18H26N2O2/c1-13-10-20-11-15(9-16(20)12-22-13)19-17(21)18(2,3)14-7-5-4-6-8-14/h4-8,13,15-16H,9-12H2,1-3H3,(H,19,21)/t13-,15-,16+/m1/s1. The summed E-state index contributed by atoms with van der Waals surface area (Å²) >= 11 is 0. The molecule has 1 aromatic carbocycles. The molecule has 1 aromatic rings. The number of ether oxygens (including phenoxy) is 1. The van der Waals surface area contributed by atoms with E-state index in [0.29, 0.717) is 12.1 Å². The SMILES string of the molecule is C[C@@H]1CN2C[C@H](NC(=O)C(C)(C)c3ccccc3)C[C@H]2CO1. The molecule has 0 aliphatic carbocycles. The topological polar surface area (TPSA) is 41.6 Å². The van der Waals surface area contributed by atoms with E-state index in [9.17, 15) is 4.79 Å². The number of rotatable bonds is 3. The number of morpholine rings is 1. The largest absolute Gasteiger partial charge is 0.376 e. The van der Waals surface area contributed by atoms with Crippen molar-refractivity contribution in [1.29, 1.82) is 0 Å². The summed E-state index contributed by atoms with van der Waals surface area (Å²) in [4.78, 5) is 15.2. The molecular weight excluding hydrogens is 276 g/mol. The van der Waals surface area contributed by atoms with Gasteiger partial charge in [-0.15, -0.1) is 0 Å². The fourth-order valence-electron chi connectivity index (χ4n) is 3.50. The van der Waals surface area contributed by atoms with Crippen molar-refractivity contribution < 1.29 is 9.53 Å². The lowest BCUT2D eigenvalue weighted by molar-refractivity contribution is -0.126. The Balaban J connectivity index is 1.63. The maximum atomic E-state index is 12.7. The fourth-order valence-corrected chi connectivity index (χ4v) is 3.50. The Morgan fingerprint density at radius 3 is 2.73 bits per heavy atom. The first-order chi connectivity index (χ1) is 10.5. The molecule has 2 saturated heterocycles. The molecule has 2 heterocycles. The van der Waals surface area contributed by atoms with Crippen molar-refractivity contribution in [2.24, 2.45) is 0 Å². The molecule has 22 heavy (non-hydrogen) atoms. The van der Waals surface area contributed by atoms with Gasteiger partial charge in [-0.05, 0) is 32.8 Å². The van der Waals surface area contributed by atoms with E-state index in [1.54, 1.807) is 0 Å². The second-order valence-corrected chi connectivity index (χ2v) is 7.15. The van der Waals surface area contributed by atoms with Crippen LogP contribution in [0.25, 0.3) is 0 Å². The third-order valence-electron chi connectivity index (χ3n) is 4.99. The van der Waals surface area contributed by atoms with E-state index < -0.39 is 5.41 Å². The molecule has 0 radical (unpaired) electrons. The molecule has 2 fully saturated rings. The number of fused-ring (bicyclic) bond motifs is 1. The molecule has 0 aromatic heterocycles. The minimum Gasteiger partial charge on any atom is -0.376 e. The van der Waals surface area contributed by atoms with Gasteiger partial charge in [-0.25, -0.2) is 0 Å². The highest BCUT2D eigenvalue weighted by atomic mass is 16.5. The molecule has 1 N–H and O–H groups in total. The van der Waals surface area contributed by atoms with Gasteiger partial charge < -0.3 is 10.1 Å². The summed E-state index contributed by atoms with van der Waals surface area (Å²) in [5, 5.41) is 3.25. The maximum Gasteiger partial charge on any atom is 0.230 e. The Bertz CT molecular complexity index is 529. The van der Waals surface area contributed by atoms with Gasteiger partial charge in [0, 0.05) is 25.2 Å². The minimum absolute atomic E-state index is 0.109. The smallest absolute Gasteiger partial charge is 0.230 e. The van der Waals surface area contributed by atoms with Crippen LogP contribution in [0.1, 0.15) is 32.8 Å². The molecule has 3 atom stereocenters. The van der Waals surface area contributed by atoms with Crippen LogP contribution >= 0.6 is 0 Å². The molecule has 3 rings (SSSR count). The van der Waals surface area contributed by atoms with E-state index >= 15 is 0 Å². The number of benzene rings is 1. The third kappa shape index (κ3) is 3.03. The van der Waals surface area contributed by atoms with Crippen LogP contribution in [-0.4, -0.2) is 48.7 Å². The molecule has 1 amide bonds. The zero-order valence-corrected chi connectivity index (χ0v) is 13.7. The van der Waals surface area contributed by atoms with E-state index in [1.165, 1.54) is 0 Å². The van der Waals surface area contributed by atoms with Crippen molar-refractivity contribution in [3.05, 3.63) is 35.9 Å². The summed E-state index contributed by atoms with van der Waals surface area (Å²) in [6, 6.07) is 10.7. The van der Waals surface area contributed by atoms with Crippen molar-refractivity contribution in [2.75, 3.05) is 19.7 Å². The zero-order chi connectivity index (χ0) is 15.7. The van der Waals surface area contributed by atoms with E-state index in [0.717, 1.165) is 31.7 Å². The van der Waals surface area contributed by atoms with Crippen molar-refractivity contribution in [3.63, 3.8) is 0 Å². The molecule has 0 spiro atoms. The van der Waals surface area contributed by atoms with Gasteiger partial charge in [-0.2, -0.15) is 0 Å². The van der Waals surface area contributed by atoms with Crippen LogP contribution in [0.4, 0.5) is 0 Å². The second kappa shape index (κ2) is 6.01. The first-order valence-corrected chi connectivity index (χ1v) is 8.19. The van der Waals surface area contributed by atoms with E-state index in [4.69, 9.17) is 4.74 Å². The Kier molecular flexibility index (Phi) is 4.24. The Hall–Kier alpha value is -1.39. The maximum absolute atomic E-state index is 12.7. The highest BCUT2D eigenvalue weighted by Gasteiger charge is 2.39. The predicted octanol–water partition coefficient (Wildman–Crippen LogP) is 1.94. The van der Waals surface area contributed by atoms with Crippen molar-refractivity contribution in [1.82, 2.24) is 10.2 Å². The molecular formula is C18H26N2O2. The number of nitrogens with zero attached hydrogens (tertiary/aromatic N) is 1. The van der Waals surface area contributed by atoms with Crippen molar-refractivity contribution in [2.45, 2.75) is 50.8 Å². The number of nitrogens with one attached hydrogen (secondary N) is 1. The molecule has 2 aliphatic heterocycles. The number of carbonyl (C=O) groups excluding carboxylic acids is 1. The second-order valence-electron chi connectivity index (χ2n) is 7.15. The van der Waals surface area contributed by atoms with Gasteiger partial charge in [0.1, 0.15) is 0 Å². The quantitative estimate of drug-likeness (QED) is 0.928.